The Morgan fingerprint density at radius 3 is 2.43 bits per heavy atom. The smallest absolute Gasteiger partial charge is 0.405 e. The Morgan fingerprint density at radius 2 is 1.74 bits per heavy atom. The van der Waals surface area contributed by atoms with Gasteiger partial charge in [0.25, 0.3) is 0 Å². The fourth-order valence-corrected chi connectivity index (χ4v) is 2.78. The van der Waals surface area contributed by atoms with E-state index in [0.717, 1.165) is 11.1 Å². The molecule has 2 aromatic rings. The van der Waals surface area contributed by atoms with Crippen LogP contribution in [0.5, 0.6) is 5.75 Å². The lowest BCUT2D eigenvalue weighted by molar-refractivity contribution is -0.274. The fourth-order valence-electron chi connectivity index (χ4n) is 2.66. The Morgan fingerprint density at radius 1 is 1.04 bits per heavy atom. The summed E-state index contributed by atoms with van der Waals surface area (Å²) in [5, 5.41) is 3.80. The molecular formula is C17H13ClF3NO. The Kier molecular flexibility index (Phi) is 4.33. The summed E-state index contributed by atoms with van der Waals surface area (Å²) in [6, 6.07) is 13.0. The molecule has 120 valence electrons. The van der Waals surface area contributed by atoms with Gasteiger partial charge >= 0.3 is 6.36 Å². The molecule has 0 aromatic heterocycles. The second-order valence-corrected chi connectivity index (χ2v) is 5.53. The monoisotopic (exact) mass is 339 g/mol. The topological polar surface area (TPSA) is 21.3 Å². The maximum Gasteiger partial charge on any atom is 0.573 e. The Balaban J connectivity index is 1.95. The van der Waals surface area contributed by atoms with E-state index in [2.05, 4.69) is 10.1 Å². The SMILES string of the molecule is FC(F)(F)Oc1ccccc1C1NCC=C1c1ccc(Cl)cc1. The summed E-state index contributed by atoms with van der Waals surface area (Å²) in [6.45, 7) is 0.572. The van der Waals surface area contributed by atoms with Crippen molar-refractivity contribution in [1.29, 1.82) is 0 Å². The van der Waals surface area contributed by atoms with Gasteiger partial charge in [-0.3, -0.25) is 0 Å². The predicted octanol–water partition coefficient (Wildman–Crippen LogP) is 4.97. The molecule has 0 saturated carbocycles. The van der Waals surface area contributed by atoms with E-state index in [9.17, 15) is 13.2 Å². The first-order chi connectivity index (χ1) is 10.9. The summed E-state index contributed by atoms with van der Waals surface area (Å²) in [5.74, 6) is -0.195. The largest absolute Gasteiger partial charge is 0.573 e. The molecule has 6 heteroatoms. The molecule has 0 amide bonds. The quantitative estimate of drug-likeness (QED) is 0.852. The van der Waals surface area contributed by atoms with Gasteiger partial charge in [0.2, 0.25) is 0 Å². The third-order valence-corrected chi connectivity index (χ3v) is 3.84. The van der Waals surface area contributed by atoms with Gasteiger partial charge in [-0.2, -0.15) is 0 Å². The molecule has 0 aliphatic carbocycles. The van der Waals surface area contributed by atoms with Crippen LogP contribution >= 0.6 is 11.6 Å². The Labute approximate surface area is 136 Å². The molecule has 2 nitrogen and oxygen atoms in total. The van der Waals surface area contributed by atoms with Crippen molar-refractivity contribution in [3.05, 3.63) is 70.8 Å². The highest BCUT2D eigenvalue weighted by Crippen LogP contribution is 2.39. The van der Waals surface area contributed by atoms with Gasteiger partial charge in [0, 0.05) is 17.1 Å². The molecule has 0 fully saturated rings. The zero-order valence-electron chi connectivity index (χ0n) is 11.9. The lowest BCUT2D eigenvalue weighted by Gasteiger charge is -2.20. The van der Waals surface area contributed by atoms with E-state index in [1.807, 2.05) is 18.2 Å². The lowest BCUT2D eigenvalue weighted by Crippen LogP contribution is -2.21. The number of hydrogen-bond donors (Lipinski definition) is 1. The van der Waals surface area contributed by atoms with Crippen LogP contribution in [-0.4, -0.2) is 12.9 Å². The molecule has 0 radical (unpaired) electrons. The first-order valence-corrected chi connectivity index (χ1v) is 7.36. The average molecular weight is 340 g/mol. The van der Waals surface area contributed by atoms with E-state index >= 15 is 0 Å². The van der Waals surface area contributed by atoms with E-state index in [1.54, 1.807) is 24.3 Å². The third kappa shape index (κ3) is 3.68. The summed E-state index contributed by atoms with van der Waals surface area (Å²) in [6.07, 6.45) is -2.77. The van der Waals surface area contributed by atoms with Gasteiger partial charge in [0.1, 0.15) is 5.75 Å². The molecular weight excluding hydrogens is 327 g/mol. The number of halogens is 4. The Hall–Kier alpha value is -1.98. The molecule has 0 spiro atoms. The molecule has 3 rings (SSSR count). The van der Waals surface area contributed by atoms with Crippen LogP contribution in [0.4, 0.5) is 13.2 Å². The van der Waals surface area contributed by atoms with Crippen molar-refractivity contribution >= 4 is 17.2 Å². The van der Waals surface area contributed by atoms with Gasteiger partial charge in [-0.05, 0) is 29.3 Å². The van der Waals surface area contributed by atoms with Gasteiger partial charge in [-0.25, -0.2) is 0 Å². The second-order valence-electron chi connectivity index (χ2n) is 5.09. The van der Waals surface area contributed by atoms with Crippen molar-refractivity contribution in [1.82, 2.24) is 5.32 Å². The van der Waals surface area contributed by atoms with Crippen molar-refractivity contribution in [2.45, 2.75) is 12.4 Å². The van der Waals surface area contributed by atoms with Crippen molar-refractivity contribution in [3.8, 4) is 5.75 Å². The van der Waals surface area contributed by atoms with Crippen molar-refractivity contribution < 1.29 is 17.9 Å². The first-order valence-electron chi connectivity index (χ1n) is 6.98. The normalized spacial score (nSPS) is 17.9. The van der Waals surface area contributed by atoms with E-state index in [1.165, 1.54) is 12.1 Å². The van der Waals surface area contributed by atoms with E-state index in [4.69, 9.17) is 11.6 Å². The van der Waals surface area contributed by atoms with Gasteiger partial charge < -0.3 is 10.1 Å². The van der Waals surface area contributed by atoms with Gasteiger partial charge in [-0.1, -0.05) is 48.0 Å². The van der Waals surface area contributed by atoms with Crippen LogP contribution in [0.2, 0.25) is 5.02 Å². The predicted molar refractivity (Wildman–Crippen MR) is 83.3 cm³/mol. The maximum atomic E-state index is 12.6. The molecule has 1 heterocycles. The zero-order valence-corrected chi connectivity index (χ0v) is 12.7. The Bertz CT molecular complexity index is 725. The number of alkyl halides is 3. The van der Waals surface area contributed by atoms with E-state index < -0.39 is 6.36 Å². The van der Waals surface area contributed by atoms with Crippen LogP contribution in [0, 0.1) is 0 Å². The molecule has 0 saturated heterocycles. The minimum absolute atomic E-state index is 0.195. The van der Waals surface area contributed by atoms with Gasteiger partial charge in [0.15, 0.2) is 0 Å². The average Bonchev–Trinajstić information content (AvgIpc) is 2.96. The van der Waals surface area contributed by atoms with Crippen LogP contribution in [0.1, 0.15) is 17.2 Å². The van der Waals surface area contributed by atoms with Crippen LogP contribution in [0.3, 0.4) is 0 Å². The summed E-state index contributed by atoms with van der Waals surface area (Å²) < 4.78 is 42.0. The number of benzene rings is 2. The van der Waals surface area contributed by atoms with Gasteiger partial charge in [0.05, 0.1) is 6.04 Å². The molecule has 1 N–H and O–H groups in total. The molecule has 1 unspecified atom stereocenters. The van der Waals surface area contributed by atoms with E-state index in [-0.39, 0.29) is 11.8 Å². The molecule has 1 aliphatic rings. The summed E-state index contributed by atoms with van der Waals surface area (Å²) in [5.41, 5.74) is 2.26. The first kappa shape index (κ1) is 15.9. The zero-order chi connectivity index (χ0) is 16.4. The number of hydrogen-bond acceptors (Lipinski definition) is 2. The number of nitrogens with one attached hydrogen (secondary N) is 1. The molecule has 23 heavy (non-hydrogen) atoms. The number of rotatable bonds is 3. The number of para-hydroxylation sites is 1. The van der Waals surface area contributed by atoms with Crippen molar-refractivity contribution in [3.63, 3.8) is 0 Å². The fraction of sp³-hybridized carbons (Fsp3) is 0.176. The highest BCUT2D eigenvalue weighted by atomic mass is 35.5. The van der Waals surface area contributed by atoms with E-state index in [0.29, 0.717) is 17.1 Å². The summed E-state index contributed by atoms with van der Waals surface area (Å²) >= 11 is 5.89. The minimum atomic E-state index is -4.72. The molecule has 1 aliphatic heterocycles. The summed E-state index contributed by atoms with van der Waals surface area (Å²) in [7, 11) is 0. The standard InChI is InChI=1S/C17H13ClF3NO/c18-12-7-5-11(6-8-12)13-9-10-22-16(13)14-3-1-2-4-15(14)23-17(19,20)21/h1-9,16,22H,10H2. The summed E-state index contributed by atoms with van der Waals surface area (Å²) in [4.78, 5) is 0. The van der Waals surface area contributed by atoms with Crippen LogP contribution in [0.25, 0.3) is 5.57 Å². The highest BCUT2D eigenvalue weighted by molar-refractivity contribution is 6.30. The molecule has 0 bridgehead atoms. The van der Waals surface area contributed by atoms with Crippen LogP contribution in [0.15, 0.2) is 54.6 Å². The van der Waals surface area contributed by atoms with Crippen LogP contribution in [-0.2, 0) is 0 Å². The minimum Gasteiger partial charge on any atom is -0.405 e. The molecule has 2 aromatic carbocycles. The highest BCUT2D eigenvalue weighted by Gasteiger charge is 2.34. The maximum absolute atomic E-state index is 12.6. The van der Waals surface area contributed by atoms with Gasteiger partial charge in [-0.15, -0.1) is 13.2 Å². The van der Waals surface area contributed by atoms with Crippen molar-refractivity contribution in [2.24, 2.45) is 0 Å². The second kappa shape index (κ2) is 6.26. The van der Waals surface area contributed by atoms with Crippen molar-refractivity contribution in [2.75, 3.05) is 6.54 Å². The van der Waals surface area contributed by atoms with Crippen LogP contribution < -0.4 is 10.1 Å². The molecule has 1 atom stereocenters. The third-order valence-electron chi connectivity index (χ3n) is 3.59. The number of ether oxygens (including phenoxy) is 1. The lowest BCUT2D eigenvalue weighted by atomic mass is 9.94.